The molecule has 3 aromatic rings. The minimum atomic E-state index is 1.02. The van der Waals surface area contributed by atoms with Gasteiger partial charge in [-0.25, -0.2) is 4.98 Å². The first-order valence-electron chi connectivity index (χ1n) is 13.5. The molecule has 2 aromatic carbocycles. The molecule has 0 unspecified atom stereocenters. The Morgan fingerprint density at radius 1 is 0.727 bits per heavy atom. The van der Waals surface area contributed by atoms with Crippen LogP contribution in [-0.2, 0) is 12.8 Å². The van der Waals surface area contributed by atoms with Crippen LogP contribution in [0, 0.1) is 5.92 Å². The summed E-state index contributed by atoms with van der Waals surface area (Å²) in [7, 11) is 0. The smallest absolute Gasteiger partial charge is 0.123 e. The molecule has 1 nitrogen and oxygen atoms in total. The van der Waals surface area contributed by atoms with Crippen LogP contribution in [0.3, 0.4) is 0 Å². The highest BCUT2D eigenvalue weighted by atomic mass is 32.1. The Bertz CT molecular complexity index is 932. The molecule has 1 saturated carbocycles. The van der Waals surface area contributed by atoms with Gasteiger partial charge < -0.3 is 0 Å². The van der Waals surface area contributed by atoms with E-state index in [0.717, 1.165) is 10.9 Å². The minimum absolute atomic E-state index is 1.02. The minimum Gasteiger partial charge on any atom is -0.244 e. The Kier molecular flexibility index (Phi) is 9.60. The van der Waals surface area contributed by atoms with Crippen LogP contribution in [0.5, 0.6) is 0 Å². The molecule has 1 aromatic heterocycles. The molecule has 0 spiro atoms. The molecule has 1 aliphatic rings. The Labute approximate surface area is 205 Å². The number of nitrogens with zero attached hydrogens (tertiary/aromatic N) is 1. The van der Waals surface area contributed by atoms with Crippen molar-refractivity contribution < 1.29 is 0 Å². The van der Waals surface area contributed by atoms with Gasteiger partial charge in [-0.1, -0.05) is 120 Å². The van der Waals surface area contributed by atoms with Crippen LogP contribution in [0.25, 0.3) is 21.0 Å². The van der Waals surface area contributed by atoms with Gasteiger partial charge in [-0.15, -0.1) is 11.3 Å². The number of benzene rings is 2. The molecule has 2 heteroatoms. The van der Waals surface area contributed by atoms with E-state index in [2.05, 4.69) is 55.5 Å². The molecule has 0 radical (unpaired) electrons. The lowest BCUT2D eigenvalue weighted by Gasteiger charge is -2.21. The summed E-state index contributed by atoms with van der Waals surface area (Å²) in [5, 5.41) is 1.12. The molecule has 0 amide bonds. The lowest BCUT2D eigenvalue weighted by molar-refractivity contribution is 0.330. The van der Waals surface area contributed by atoms with Gasteiger partial charge in [-0.05, 0) is 48.3 Å². The van der Waals surface area contributed by atoms with E-state index in [1.165, 1.54) is 117 Å². The monoisotopic (exact) mass is 459 g/mol. The van der Waals surface area contributed by atoms with E-state index in [0.29, 0.717) is 0 Å². The lowest BCUT2D eigenvalue weighted by atomic mass is 9.85. The topological polar surface area (TPSA) is 12.9 Å². The molecule has 1 aliphatic carbocycles. The molecule has 0 bridgehead atoms. The van der Waals surface area contributed by atoms with Crippen LogP contribution >= 0.6 is 11.3 Å². The summed E-state index contributed by atoms with van der Waals surface area (Å²) in [6.07, 6.45) is 21.3. The highest BCUT2D eigenvalue weighted by Crippen LogP contribution is 2.33. The van der Waals surface area contributed by atoms with Crippen molar-refractivity contribution in [1.29, 1.82) is 0 Å². The summed E-state index contributed by atoms with van der Waals surface area (Å²) in [6, 6.07) is 18.3. The molecular formula is C31H41NS. The van der Waals surface area contributed by atoms with E-state index in [4.69, 9.17) is 4.98 Å². The molecule has 0 saturated heterocycles. The van der Waals surface area contributed by atoms with E-state index >= 15 is 0 Å². The molecule has 33 heavy (non-hydrogen) atoms. The van der Waals surface area contributed by atoms with E-state index < -0.39 is 0 Å². The fraction of sp³-hybridized carbons (Fsp3) is 0.516. The zero-order valence-corrected chi connectivity index (χ0v) is 21.3. The maximum atomic E-state index is 4.72. The zero-order valence-electron chi connectivity index (χ0n) is 20.5. The Hall–Kier alpha value is -1.93. The van der Waals surface area contributed by atoms with Gasteiger partial charge in [-0.3, -0.25) is 0 Å². The summed E-state index contributed by atoms with van der Waals surface area (Å²) < 4.78 is 0. The van der Waals surface area contributed by atoms with Crippen LogP contribution in [0.15, 0.2) is 54.7 Å². The van der Waals surface area contributed by atoms with Gasteiger partial charge in [0.1, 0.15) is 5.01 Å². The van der Waals surface area contributed by atoms with Gasteiger partial charge in [0, 0.05) is 11.8 Å². The number of aromatic nitrogens is 1. The molecule has 0 atom stereocenters. The van der Waals surface area contributed by atoms with Gasteiger partial charge in [0.15, 0.2) is 0 Å². The van der Waals surface area contributed by atoms with Crippen molar-refractivity contribution in [1.82, 2.24) is 4.98 Å². The number of rotatable bonds is 12. The van der Waals surface area contributed by atoms with Crippen molar-refractivity contribution in [2.45, 2.75) is 96.8 Å². The van der Waals surface area contributed by atoms with E-state index in [1.807, 2.05) is 6.20 Å². The quantitative estimate of drug-likeness (QED) is 0.245. The van der Waals surface area contributed by atoms with E-state index in [9.17, 15) is 0 Å². The van der Waals surface area contributed by atoms with Gasteiger partial charge in [0.2, 0.25) is 0 Å². The summed E-state index contributed by atoms with van der Waals surface area (Å²) in [6.45, 7) is 2.27. The van der Waals surface area contributed by atoms with Gasteiger partial charge in [-0.2, -0.15) is 0 Å². The molecule has 4 rings (SSSR count). The summed E-state index contributed by atoms with van der Waals surface area (Å²) in [5.41, 5.74) is 5.44. The van der Waals surface area contributed by atoms with Crippen LogP contribution in [0.1, 0.15) is 95.1 Å². The van der Waals surface area contributed by atoms with Gasteiger partial charge >= 0.3 is 0 Å². The SMILES string of the molecule is CCCCCCc1ccc(-c2ncc(-c3ccc(CCCCC4CCCCC4)cc3)s2)cc1. The van der Waals surface area contributed by atoms with Crippen LogP contribution in [-0.4, -0.2) is 4.98 Å². The average Bonchev–Trinajstić information content (AvgIpc) is 3.36. The summed E-state index contributed by atoms with van der Waals surface area (Å²) in [4.78, 5) is 5.99. The van der Waals surface area contributed by atoms with Crippen molar-refractivity contribution in [3.8, 4) is 21.0 Å². The predicted molar refractivity (Wildman–Crippen MR) is 145 cm³/mol. The van der Waals surface area contributed by atoms with Crippen LogP contribution < -0.4 is 0 Å². The third-order valence-electron chi connectivity index (χ3n) is 7.32. The summed E-state index contributed by atoms with van der Waals surface area (Å²) in [5.74, 6) is 1.02. The first-order valence-corrected chi connectivity index (χ1v) is 14.3. The number of thiazole rings is 1. The number of hydrogen-bond acceptors (Lipinski definition) is 2. The molecule has 1 fully saturated rings. The molecule has 1 heterocycles. The highest BCUT2D eigenvalue weighted by Gasteiger charge is 2.12. The van der Waals surface area contributed by atoms with Crippen molar-refractivity contribution in [3.05, 3.63) is 65.9 Å². The number of unbranched alkanes of at least 4 members (excludes halogenated alkanes) is 4. The Morgan fingerprint density at radius 3 is 2.03 bits per heavy atom. The molecule has 176 valence electrons. The van der Waals surface area contributed by atoms with E-state index in [1.54, 1.807) is 11.3 Å². The third-order valence-corrected chi connectivity index (χ3v) is 8.41. The zero-order chi connectivity index (χ0) is 22.7. The first kappa shape index (κ1) is 24.2. The second kappa shape index (κ2) is 13.1. The van der Waals surface area contributed by atoms with Crippen molar-refractivity contribution in [3.63, 3.8) is 0 Å². The fourth-order valence-corrected chi connectivity index (χ4v) is 6.11. The van der Waals surface area contributed by atoms with Crippen LogP contribution in [0.4, 0.5) is 0 Å². The lowest BCUT2D eigenvalue weighted by Crippen LogP contribution is -2.05. The standard InChI is InChI=1S/C31H41NS/c1-2-3-4-6-13-26-18-22-29(23-19-26)31-32-24-30(33-31)28-20-16-27(17-21-28)15-10-9-14-25-11-7-5-8-12-25/h16-25H,2-15H2,1H3. The van der Waals surface area contributed by atoms with Crippen molar-refractivity contribution in [2.75, 3.05) is 0 Å². The van der Waals surface area contributed by atoms with Gasteiger partial charge in [0.05, 0.1) is 4.88 Å². The Morgan fingerprint density at radius 2 is 1.36 bits per heavy atom. The largest absolute Gasteiger partial charge is 0.244 e. The molecule has 0 N–H and O–H groups in total. The van der Waals surface area contributed by atoms with Crippen molar-refractivity contribution in [2.24, 2.45) is 5.92 Å². The predicted octanol–water partition coefficient (Wildman–Crippen LogP) is 9.89. The normalized spacial score (nSPS) is 14.6. The second-order valence-corrected chi connectivity index (χ2v) is 11.0. The van der Waals surface area contributed by atoms with Crippen LogP contribution in [0.2, 0.25) is 0 Å². The maximum Gasteiger partial charge on any atom is 0.123 e. The fourth-order valence-electron chi connectivity index (χ4n) is 5.18. The third kappa shape index (κ3) is 7.54. The Balaban J connectivity index is 1.25. The van der Waals surface area contributed by atoms with Gasteiger partial charge in [0.25, 0.3) is 0 Å². The highest BCUT2D eigenvalue weighted by molar-refractivity contribution is 7.18. The molecular weight excluding hydrogens is 418 g/mol. The molecule has 0 aliphatic heterocycles. The number of aryl methyl sites for hydroxylation is 2. The second-order valence-electron chi connectivity index (χ2n) is 9.98. The van der Waals surface area contributed by atoms with Crippen molar-refractivity contribution >= 4 is 11.3 Å². The maximum absolute atomic E-state index is 4.72. The number of hydrogen-bond donors (Lipinski definition) is 0. The van der Waals surface area contributed by atoms with E-state index in [-0.39, 0.29) is 0 Å². The average molecular weight is 460 g/mol. The first-order chi connectivity index (χ1) is 16.3. The summed E-state index contributed by atoms with van der Waals surface area (Å²) >= 11 is 1.80.